The van der Waals surface area contributed by atoms with Gasteiger partial charge in [-0.1, -0.05) is 0 Å². The van der Waals surface area contributed by atoms with Crippen molar-refractivity contribution < 1.29 is 19.7 Å². The van der Waals surface area contributed by atoms with Gasteiger partial charge in [0.25, 0.3) is 0 Å². The smallest absolute Gasteiger partial charge is 0.167 e. The zero-order valence-electron chi connectivity index (χ0n) is 10.7. The molecule has 4 N–H and O–H groups in total. The summed E-state index contributed by atoms with van der Waals surface area (Å²) in [6, 6.07) is 0. The first-order valence-corrected chi connectivity index (χ1v) is 6.07. The third-order valence-corrected chi connectivity index (χ3v) is 3.43. The lowest BCUT2D eigenvalue weighted by Crippen LogP contribution is -2.34. The van der Waals surface area contributed by atoms with Gasteiger partial charge in [0.05, 0.1) is 12.9 Å². The lowest BCUT2D eigenvalue weighted by atomic mass is 10.1. The van der Waals surface area contributed by atoms with Crippen LogP contribution < -0.4 is 5.73 Å². The third-order valence-electron chi connectivity index (χ3n) is 3.43. The zero-order chi connectivity index (χ0) is 14.3. The molecule has 0 amide bonds. The number of nitrogen functional groups attached to an aromatic ring is 1. The fraction of sp³-hybridized carbons (Fsp3) is 0.545. The molecule has 0 bridgehead atoms. The van der Waals surface area contributed by atoms with E-state index in [0.29, 0.717) is 11.2 Å². The summed E-state index contributed by atoms with van der Waals surface area (Å²) in [7, 11) is 1.46. The molecule has 0 spiro atoms. The van der Waals surface area contributed by atoms with Crippen molar-refractivity contribution >= 4 is 17.0 Å². The minimum absolute atomic E-state index is 0.264. The number of aliphatic hydroxyl groups is 2. The maximum Gasteiger partial charge on any atom is 0.167 e. The van der Waals surface area contributed by atoms with Crippen LogP contribution in [0.2, 0.25) is 0 Å². The molecule has 2 aromatic heterocycles. The van der Waals surface area contributed by atoms with Crippen LogP contribution in [-0.4, -0.2) is 61.8 Å². The largest absolute Gasteiger partial charge is 0.394 e. The van der Waals surface area contributed by atoms with Gasteiger partial charge in [-0.15, -0.1) is 0 Å². The Bertz CT molecular complexity index is 618. The topological polar surface area (TPSA) is 129 Å². The quantitative estimate of drug-likeness (QED) is 0.631. The molecule has 0 aliphatic carbocycles. The average molecular weight is 281 g/mol. The van der Waals surface area contributed by atoms with Crippen molar-refractivity contribution in [2.24, 2.45) is 0 Å². The highest BCUT2D eigenvalue weighted by Crippen LogP contribution is 2.33. The summed E-state index contributed by atoms with van der Waals surface area (Å²) >= 11 is 0. The molecule has 108 valence electrons. The minimum Gasteiger partial charge on any atom is -0.394 e. The monoisotopic (exact) mass is 281 g/mol. The lowest BCUT2D eigenvalue weighted by molar-refractivity contribution is -0.0583. The van der Waals surface area contributed by atoms with Crippen molar-refractivity contribution in [2.45, 2.75) is 24.5 Å². The standard InChI is InChI=1S/C11H15N5O4/c1-19-8-7(18)5(2-17)20-11(8)16-4-15-6-9(12)13-3-14-10(6)16/h3-5,7-8,11,17-18H,2H2,1H3,(H2,12,13,14)/t5-,7-,8-,11-/m0/s1. The lowest BCUT2D eigenvalue weighted by Gasteiger charge is -2.19. The molecule has 9 nitrogen and oxygen atoms in total. The Morgan fingerprint density at radius 1 is 1.45 bits per heavy atom. The number of rotatable bonds is 3. The molecule has 0 radical (unpaired) electrons. The van der Waals surface area contributed by atoms with E-state index in [0.717, 1.165) is 0 Å². The van der Waals surface area contributed by atoms with Crippen LogP contribution >= 0.6 is 0 Å². The number of imidazole rings is 1. The molecule has 3 rings (SSSR count). The number of anilines is 1. The molecule has 2 aromatic rings. The molecule has 0 unspecified atom stereocenters. The summed E-state index contributed by atoms with van der Waals surface area (Å²) in [5.74, 6) is 0.264. The summed E-state index contributed by atoms with van der Waals surface area (Å²) in [5.41, 5.74) is 6.66. The predicted octanol–water partition coefficient (Wildman–Crippen LogP) is -1.33. The molecule has 1 fully saturated rings. The van der Waals surface area contributed by atoms with Gasteiger partial charge in [-0.3, -0.25) is 4.57 Å². The Hall–Kier alpha value is -1.81. The number of hydrogen-bond acceptors (Lipinski definition) is 8. The van der Waals surface area contributed by atoms with Crippen LogP contribution in [0.25, 0.3) is 11.2 Å². The molecule has 1 aliphatic heterocycles. The number of ether oxygens (including phenoxy) is 2. The Balaban J connectivity index is 2.04. The summed E-state index contributed by atoms with van der Waals surface area (Å²) in [6.07, 6.45) is -0.119. The van der Waals surface area contributed by atoms with E-state index in [1.807, 2.05) is 0 Å². The molecule has 3 heterocycles. The number of hydrogen-bond donors (Lipinski definition) is 3. The van der Waals surface area contributed by atoms with Crippen LogP contribution in [0.15, 0.2) is 12.7 Å². The molecule has 20 heavy (non-hydrogen) atoms. The fourth-order valence-electron chi connectivity index (χ4n) is 2.40. The Labute approximate surface area is 114 Å². The van der Waals surface area contributed by atoms with E-state index in [4.69, 9.17) is 15.2 Å². The van der Waals surface area contributed by atoms with Crippen molar-refractivity contribution in [3.8, 4) is 0 Å². The van der Waals surface area contributed by atoms with Gasteiger partial charge in [0.15, 0.2) is 17.7 Å². The number of aliphatic hydroxyl groups excluding tert-OH is 2. The number of aromatic nitrogens is 4. The first-order valence-electron chi connectivity index (χ1n) is 6.07. The van der Waals surface area contributed by atoms with Crippen molar-refractivity contribution in [3.05, 3.63) is 12.7 Å². The van der Waals surface area contributed by atoms with E-state index in [1.165, 1.54) is 19.8 Å². The second-order valence-electron chi connectivity index (χ2n) is 4.52. The second kappa shape index (κ2) is 4.94. The van der Waals surface area contributed by atoms with Gasteiger partial charge in [0, 0.05) is 7.11 Å². The fourth-order valence-corrected chi connectivity index (χ4v) is 2.40. The summed E-state index contributed by atoms with van der Waals surface area (Å²) in [6.45, 7) is -0.304. The first-order chi connectivity index (χ1) is 9.67. The first kappa shape index (κ1) is 13.2. The van der Waals surface area contributed by atoms with Crippen molar-refractivity contribution in [1.29, 1.82) is 0 Å². The van der Waals surface area contributed by atoms with Crippen LogP contribution in [0.5, 0.6) is 0 Å². The Morgan fingerprint density at radius 2 is 2.25 bits per heavy atom. The predicted molar refractivity (Wildman–Crippen MR) is 67.5 cm³/mol. The van der Waals surface area contributed by atoms with Gasteiger partial charge in [-0.2, -0.15) is 0 Å². The van der Waals surface area contributed by atoms with Crippen molar-refractivity contribution in [1.82, 2.24) is 19.5 Å². The normalized spacial score (nSPS) is 30.1. The number of nitrogens with zero attached hydrogens (tertiary/aromatic N) is 4. The van der Waals surface area contributed by atoms with Crippen LogP contribution in [0.4, 0.5) is 5.82 Å². The van der Waals surface area contributed by atoms with Gasteiger partial charge in [-0.05, 0) is 0 Å². The Kier molecular flexibility index (Phi) is 3.26. The maximum atomic E-state index is 10.0. The zero-order valence-corrected chi connectivity index (χ0v) is 10.7. The highest BCUT2D eigenvalue weighted by molar-refractivity contribution is 5.81. The molecular formula is C11H15N5O4. The van der Waals surface area contributed by atoms with Crippen LogP contribution in [0, 0.1) is 0 Å². The SMILES string of the molecule is CO[C@H]1[C@@H](O)[C@H](CO)O[C@@H]1n1cnc2c(N)ncnc21. The Morgan fingerprint density at radius 3 is 2.95 bits per heavy atom. The van der Waals surface area contributed by atoms with Gasteiger partial charge in [0.1, 0.15) is 30.2 Å². The summed E-state index contributed by atoms with van der Waals surface area (Å²) in [5, 5.41) is 19.3. The molecule has 1 saturated heterocycles. The number of methoxy groups -OCH3 is 1. The molecule has 0 saturated carbocycles. The van der Waals surface area contributed by atoms with E-state index in [-0.39, 0.29) is 12.4 Å². The molecule has 0 aromatic carbocycles. The van der Waals surface area contributed by atoms with E-state index in [2.05, 4.69) is 15.0 Å². The molecular weight excluding hydrogens is 266 g/mol. The molecule has 1 aliphatic rings. The maximum absolute atomic E-state index is 10.0. The van der Waals surface area contributed by atoms with E-state index in [1.54, 1.807) is 4.57 Å². The number of fused-ring (bicyclic) bond motifs is 1. The van der Waals surface area contributed by atoms with Crippen LogP contribution in [0.3, 0.4) is 0 Å². The van der Waals surface area contributed by atoms with Gasteiger partial charge < -0.3 is 25.4 Å². The highest BCUT2D eigenvalue weighted by atomic mass is 16.6. The molecule has 9 heteroatoms. The van der Waals surface area contributed by atoms with Crippen molar-refractivity contribution in [3.63, 3.8) is 0 Å². The van der Waals surface area contributed by atoms with Gasteiger partial charge >= 0.3 is 0 Å². The average Bonchev–Trinajstić information content (AvgIpc) is 3.00. The number of nitrogens with two attached hydrogens (primary N) is 1. The van der Waals surface area contributed by atoms with Crippen LogP contribution in [-0.2, 0) is 9.47 Å². The van der Waals surface area contributed by atoms with Crippen molar-refractivity contribution in [2.75, 3.05) is 19.5 Å². The summed E-state index contributed by atoms with van der Waals surface area (Å²) in [4.78, 5) is 12.1. The summed E-state index contributed by atoms with van der Waals surface area (Å²) < 4.78 is 12.5. The van der Waals surface area contributed by atoms with E-state index in [9.17, 15) is 10.2 Å². The second-order valence-corrected chi connectivity index (χ2v) is 4.52. The van der Waals surface area contributed by atoms with E-state index < -0.39 is 24.5 Å². The third kappa shape index (κ3) is 1.83. The van der Waals surface area contributed by atoms with Gasteiger partial charge in [-0.25, -0.2) is 15.0 Å². The van der Waals surface area contributed by atoms with Crippen LogP contribution in [0.1, 0.15) is 6.23 Å². The van der Waals surface area contributed by atoms with E-state index >= 15 is 0 Å². The van der Waals surface area contributed by atoms with Gasteiger partial charge in [0.2, 0.25) is 0 Å². The molecule has 4 atom stereocenters. The minimum atomic E-state index is -0.938. The highest BCUT2D eigenvalue weighted by Gasteiger charge is 2.45.